The summed E-state index contributed by atoms with van der Waals surface area (Å²) >= 11 is 0. The third-order valence-electron chi connectivity index (χ3n) is 9.46. The number of hydrogen-bond donors (Lipinski definition) is 0. The zero-order valence-electron chi connectivity index (χ0n) is 25.3. The van der Waals surface area contributed by atoms with Gasteiger partial charge in [0.2, 0.25) is 0 Å². The van der Waals surface area contributed by atoms with E-state index in [1.807, 2.05) is 0 Å². The molecule has 0 aliphatic rings. The van der Waals surface area contributed by atoms with Crippen LogP contribution in [0.2, 0.25) is 0 Å². The first-order valence-corrected chi connectivity index (χ1v) is 15.9. The predicted octanol–water partition coefficient (Wildman–Crippen LogP) is 13.0. The van der Waals surface area contributed by atoms with E-state index in [4.69, 9.17) is 0 Å². The van der Waals surface area contributed by atoms with Crippen LogP contribution in [0.15, 0.2) is 182 Å². The normalized spacial score (nSPS) is 11.5. The average Bonchev–Trinajstić information content (AvgIpc) is 3.14. The van der Waals surface area contributed by atoms with Gasteiger partial charge in [0.1, 0.15) is 0 Å². The van der Waals surface area contributed by atoms with Gasteiger partial charge in [0.05, 0.1) is 0 Å². The molecule has 0 radical (unpaired) electrons. The van der Waals surface area contributed by atoms with Gasteiger partial charge in [-0.2, -0.15) is 0 Å². The van der Waals surface area contributed by atoms with E-state index in [0.29, 0.717) is 0 Å². The van der Waals surface area contributed by atoms with Gasteiger partial charge < -0.3 is 0 Å². The van der Waals surface area contributed by atoms with Crippen LogP contribution < -0.4 is 0 Å². The Bertz CT molecular complexity index is 2570. The monoisotopic (exact) mass is 582 g/mol. The van der Waals surface area contributed by atoms with Crippen LogP contribution in [-0.2, 0) is 0 Å². The van der Waals surface area contributed by atoms with Crippen LogP contribution >= 0.6 is 0 Å². The Labute approximate surface area is 268 Å². The van der Waals surface area contributed by atoms with Crippen molar-refractivity contribution in [2.45, 2.75) is 0 Å². The molecular formula is C46H30. The van der Waals surface area contributed by atoms with Crippen molar-refractivity contribution in [2.75, 3.05) is 0 Å². The van der Waals surface area contributed by atoms with Crippen LogP contribution in [0, 0.1) is 0 Å². The Balaban J connectivity index is 1.13. The van der Waals surface area contributed by atoms with Gasteiger partial charge in [-0.15, -0.1) is 0 Å². The Hall–Kier alpha value is -5.98. The fourth-order valence-electron chi connectivity index (χ4n) is 7.16. The highest BCUT2D eigenvalue weighted by Gasteiger charge is 2.13. The second kappa shape index (κ2) is 10.9. The molecule has 0 N–H and O–H groups in total. The summed E-state index contributed by atoms with van der Waals surface area (Å²) in [5.74, 6) is 0. The summed E-state index contributed by atoms with van der Waals surface area (Å²) in [6, 6.07) is 66.5. The Morgan fingerprint density at radius 3 is 1.41 bits per heavy atom. The molecule has 0 aliphatic carbocycles. The molecule has 0 unspecified atom stereocenters. The SMILES string of the molecule is c1cc(-c2ccc(-c3ccc(-c4ccc5ccccc5c4)cc3)c3ccccc23)cc(-c2cc3ccccc3c3ccccc23)c1. The topological polar surface area (TPSA) is 0 Å². The van der Waals surface area contributed by atoms with Crippen molar-refractivity contribution in [1.82, 2.24) is 0 Å². The molecule has 0 bridgehead atoms. The minimum absolute atomic E-state index is 1.23. The van der Waals surface area contributed by atoms with Crippen LogP contribution in [-0.4, -0.2) is 0 Å². The van der Waals surface area contributed by atoms with Crippen LogP contribution in [0.4, 0.5) is 0 Å². The predicted molar refractivity (Wildman–Crippen MR) is 198 cm³/mol. The lowest BCUT2D eigenvalue weighted by Gasteiger charge is -2.15. The lowest BCUT2D eigenvalue weighted by atomic mass is 9.89. The van der Waals surface area contributed by atoms with Crippen molar-refractivity contribution >= 4 is 43.1 Å². The molecule has 0 spiro atoms. The summed E-state index contributed by atoms with van der Waals surface area (Å²) < 4.78 is 0. The highest BCUT2D eigenvalue weighted by atomic mass is 14.2. The summed E-state index contributed by atoms with van der Waals surface area (Å²) in [5, 5.41) is 10.2. The third-order valence-corrected chi connectivity index (χ3v) is 9.46. The highest BCUT2D eigenvalue weighted by molar-refractivity contribution is 6.14. The van der Waals surface area contributed by atoms with Crippen molar-refractivity contribution in [2.24, 2.45) is 0 Å². The van der Waals surface area contributed by atoms with E-state index in [-0.39, 0.29) is 0 Å². The van der Waals surface area contributed by atoms with Gasteiger partial charge in [-0.05, 0) is 106 Å². The van der Waals surface area contributed by atoms with Crippen LogP contribution in [0.3, 0.4) is 0 Å². The molecule has 9 aromatic carbocycles. The highest BCUT2D eigenvalue weighted by Crippen LogP contribution is 2.40. The van der Waals surface area contributed by atoms with Gasteiger partial charge in [0, 0.05) is 0 Å². The van der Waals surface area contributed by atoms with Gasteiger partial charge in [-0.3, -0.25) is 0 Å². The van der Waals surface area contributed by atoms with Gasteiger partial charge in [-0.25, -0.2) is 0 Å². The van der Waals surface area contributed by atoms with Gasteiger partial charge in [0.25, 0.3) is 0 Å². The molecule has 0 nitrogen and oxygen atoms in total. The van der Waals surface area contributed by atoms with E-state index in [9.17, 15) is 0 Å². The van der Waals surface area contributed by atoms with E-state index in [1.165, 1.54) is 87.6 Å². The van der Waals surface area contributed by atoms with E-state index in [0.717, 1.165) is 0 Å². The Morgan fingerprint density at radius 1 is 0.196 bits per heavy atom. The van der Waals surface area contributed by atoms with E-state index >= 15 is 0 Å². The van der Waals surface area contributed by atoms with Crippen molar-refractivity contribution in [3.05, 3.63) is 182 Å². The first-order valence-electron chi connectivity index (χ1n) is 15.9. The maximum atomic E-state index is 2.36. The second-order valence-electron chi connectivity index (χ2n) is 12.1. The molecule has 9 aromatic rings. The maximum absolute atomic E-state index is 2.36. The smallest absolute Gasteiger partial charge is 0.00988 e. The molecule has 0 aliphatic heterocycles. The molecule has 0 atom stereocenters. The molecule has 0 fully saturated rings. The quantitative estimate of drug-likeness (QED) is 0.181. The van der Waals surface area contributed by atoms with Crippen molar-refractivity contribution in [1.29, 1.82) is 0 Å². The Morgan fingerprint density at radius 2 is 0.696 bits per heavy atom. The number of benzene rings is 9. The molecule has 46 heavy (non-hydrogen) atoms. The van der Waals surface area contributed by atoms with Crippen molar-refractivity contribution in [3.8, 4) is 44.5 Å². The summed E-state index contributed by atoms with van der Waals surface area (Å²) in [6.07, 6.45) is 0. The summed E-state index contributed by atoms with van der Waals surface area (Å²) in [5.41, 5.74) is 9.92. The molecular weight excluding hydrogens is 553 g/mol. The van der Waals surface area contributed by atoms with Gasteiger partial charge in [0.15, 0.2) is 0 Å². The molecule has 0 heterocycles. The van der Waals surface area contributed by atoms with Crippen LogP contribution in [0.5, 0.6) is 0 Å². The van der Waals surface area contributed by atoms with Gasteiger partial charge >= 0.3 is 0 Å². The minimum atomic E-state index is 1.23. The lowest BCUT2D eigenvalue weighted by molar-refractivity contribution is 1.60. The fourth-order valence-corrected chi connectivity index (χ4v) is 7.16. The number of fused-ring (bicyclic) bond motifs is 5. The number of hydrogen-bond acceptors (Lipinski definition) is 0. The van der Waals surface area contributed by atoms with E-state index in [1.54, 1.807) is 0 Å². The maximum Gasteiger partial charge on any atom is -0.00988 e. The van der Waals surface area contributed by atoms with Crippen LogP contribution in [0.1, 0.15) is 0 Å². The second-order valence-corrected chi connectivity index (χ2v) is 12.1. The molecule has 0 aromatic heterocycles. The van der Waals surface area contributed by atoms with Crippen molar-refractivity contribution in [3.63, 3.8) is 0 Å². The third kappa shape index (κ3) is 4.47. The Kier molecular flexibility index (Phi) is 6.25. The zero-order chi connectivity index (χ0) is 30.5. The first kappa shape index (κ1) is 26.4. The first-order chi connectivity index (χ1) is 22.8. The summed E-state index contributed by atoms with van der Waals surface area (Å²) in [6.45, 7) is 0. The minimum Gasteiger partial charge on any atom is -0.0616 e. The molecule has 0 amide bonds. The van der Waals surface area contributed by atoms with Crippen LogP contribution in [0.25, 0.3) is 87.6 Å². The van der Waals surface area contributed by atoms with Crippen molar-refractivity contribution < 1.29 is 0 Å². The van der Waals surface area contributed by atoms with E-state index < -0.39 is 0 Å². The average molecular weight is 583 g/mol. The summed E-state index contributed by atoms with van der Waals surface area (Å²) in [7, 11) is 0. The molecule has 0 saturated carbocycles. The molecule has 9 rings (SSSR count). The number of rotatable bonds is 4. The largest absolute Gasteiger partial charge is 0.0616 e. The molecule has 214 valence electrons. The molecule has 0 heteroatoms. The summed E-state index contributed by atoms with van der Waals surface area (Å²) in [4.78, 5) is 0. The fraction of sp³-hybridized carbons (Fsp3) is 0. The van der Waals surface area contributed by atoms with E-state index in [2.05, 4.69) is 182 Å². The molecule has 0 saturated heterocycles. The zero-order valence-corrected chi connectivity index (χ0v) is 25.3. The lowest BCUT2D eigenvalue weighted by Crippen LogP contribution is -1.88. The standard InChI is InChI=1S/C46H30/c1-2-11-34-28-35(25-22-31(34)10-1)32-20-23-33(24-21-32)40-26-27-41(44-18-6-5-17-43(40)44)36-13-9-14-37(29-36)46-30-38-12-3-4-15-39(38)42-16-7-8-19-45(42)46/h1-30H. The van der Waals surface area contributed by atoms with Gasteiger partial charge in [-0.1, -0.05) is 164 Å².